The largest absolute Gasteiger partial charge is 0.508 e. The van der Waals surface area contributed by atoms with E-state index in [1.807, 2.05) is 24.8 Å². The summed E-state index contributed by atoms with van der Waals surface area (Å²) >= 11 is 0. The standard InChI is InChI=1S/C44H48F2N8O4.CH2O2/c1-7-28-21-53(22-29(8-2)54(28)41(56)43(5,23-48)15-16-47)39-35-38(50-42(51-39)58-25-44(13-14-44)24-52-17-12-26(4)20-52)36(46)37(49-40(35)57-6)32-19-30(55)18-27-10-11-33(45)31(9-3)34(27)32;2-1-3/h3,10-11,18-19,26,28-29,55H,7-8,12-15,17,20-22,24-25H2,1-2,4-6H3;1H,(H,2,3). The molecular formula is C45H50F2N8O6. The van der Waals surface area contributed by atoms with Crippen LogP contribution >= 0.6 is 0 Å². The first-order valence-electron chi connectivity index (χ1n) is 20.4. The monoisotopic (exact) mass is 836 g/mol. The van der Waals surface area contributed by atoms with Crippen molar-refractivity contribution < 1.29 is 38.1 Å². The van der Waals surface area contributed by atoms with Crippen LogP contribution in [0.15, 0.2) is 24.3 Å². The number of nitriles is 2. The number of nitrogens with zero attached hydrogens (tertiary/aromatic N) is 8. The van der Waals surface area contributed by atoms with Gasteiger partial charge >= 0.3 is 6.01 Å². The number of carbonyl (C=O) groups excluding carboxylic acids is 1. The highest BCUT2D eigenvalue weighted by Crippen LogP contribution is 2.48. The Labute approximate surface area is 353 Å². The summed E-state index contributed by atoms with van der Waals surface area (Å²) in [5, 5.41) is 37.9. The van der Waals surface area contributed by atoms with Gasteiger partial charge in [-0.2, -0.15) is 20.5 Å². The van der Waals surface area contributed by atoms with E-state index >= 15 is 8.78 Å². The number of pyridine rings is 1. The molecule has 2 aliphatic heterocycles. The Morgan fingerprint density at radius 2 is 1.79 bits per heavy atom. The molecule has 0 radical (unpaired) electrons. The molecule has 4 aromatic rings. The SMILES string of the molecule is C#Cc1c(F)ccc2cc(O)cc(-c3nc(OC)c4c(N5CC(CC)N(C(=O)C(C)(C#N)CC#N)C(CC)C5)nc(OCC5(CN6CCC(C)C6)CC5)nc4c3F)c12.O=CO. The second-order valence-corrected chi connectivity index (χ2v) is 16.5. The first-order valence-corrected chi connectivity index (χ1v) is 20.4. The Morgan fingerprint density at radius 1 is 1.10 bits per heavy atom. The number of halogens is 2. The van der Waals surface area contributed by atoms with Crippen molar-refractivity contribution in [1.29, 1.82) is 10.5 Å². The number of carbonyl (C=O) groups is 2. The second-order valence-electron chi connectivity index (χ2n) is 16.5. The zero-order chi connectivity index (χ0) is 44.2. The molecular weight excluding hydrogens is 787 g/mol. The highest BCUT2D eigenvalue weighted by molar-refractivity contribution is 6.04. The molecule has 4 unspecified atom stereocenters. The fourth-order valence-electron chi connectivity index (χ4n) is 8.68. The maximum absolute atomic E-state index is 17.5. The number of rotatable bonds is 12. The van der Waals surface area contributed by atoms with E-state index in [1.165, 1.54) is 38.3 Å². The van der Waals surface area contributed by atoms with Crippen molar-refractivity contribution in [3.05, 3.63) is 41.5 Å². The number of anilines is 1. The van der Waals surface area contributed by atoms with Gasteiger partial charge in [0.15, 0.2) is 5.82 Å². The van der Waals surface area contributed by atoms with Crippen LogP contribution < -0.4 is 14.4 Å². The molecule has 0 spiro atoms. The molecule has 0 bridgehead atoms. The lowest BCUT2D eigenvalue weighted by Gasteiger charge is -2.48. The zero-order valence-corrected chi connectivity index (χ0v) is 35.0. The van der Waals surface area contributed by atoms with Gasteiger partial charge in [0.25, 0.3) is 6.47 Å². The van der Waals surface area contributed by atoms with E-state index in [0.29, 0.717) is 30.8 Å². The quantitative estimate of drug-likeness (QED) is 0.114. The van der Waals surface area contributed by atoms with Gasteiger partial charge in [-0.15, -0.1) is 6.42 Å². The molecule has 2 saturated heterocycles. The Kier molecular flexibility index (Phi) is 13.1. The molecule has 3 aliphatic rings. The predicted octanol–water partition coefficient (Wildman–Crippen LogP) is 6.67. The van der Waals surface area contributed by atoms with Crippen LogP contribution in [-0.2, 0) is 9.59 Å². The molecule has 1 amide bonds. The number of amides is 1. The minimum Gasteiger partial charge on any atom is -0.508 e. The number of fused-ring (bicyclic) bond motifs is 2. The molecule has 2 aromatic heterocycles. The number of benzene rings is 2. The maximum atomic E-state index is 17.5. The molecule has 4 atom stereocenters. The predicted molar refractivity (Wildman–Crippen MR) is 224 cm³/mol. The van der Waals surface area contributed by atoms with E-state index in [-0.39, 0.29) is 88.0 Å². The molecule has 14 nitrogen and oxygen atoms in total. The summed E-state index contributed by atoms with van der Waals surface area (Å²) in [5.74, 6) is 1.06. The maximum Gasteiger partial charge on any atom is 0.319 e. The van der Waals surface area contributed by atoms with Crippen molar-refractivity contribution in [3.63, 3.8) is 0 Å². The summed E-state index contributed by atoms with van der Waals surface area (Å²) in [6, 6.07) is 8.56. The van der Waals surface area contributed by atoms with Gasteiger partial charge in [-0.1, -0.05) is 32.8 Å². The fourth-order valence-corrected chi connectivity index (χ4v) is 8.68. The number of terminal acetylenes is 1. The smallest absolute Gasteiger partial charge is 0.319 e. The number of ether oxygens (including phenoxy) is 2. The van der Waals surface area contributed by atoms with Crippen LogP contribution in [0.3, 0.4) is 0 Å². The van der Waals surface area contributed by atoms with E-state index < -0.39 is 35.0 Å². The van der Waals surface area contributed by atoms with E-state index in [2.05, 4.69) is 33.8 Å². The minimum atomic E-state index is -1.53. The van der Waals surface area contributed by atoms with Gasteiger partial charge in [0.1, 0.15) is 39.4 Å². The van der Waals surface area contributed by atoms with Crippen molar-refractivity contribution in [1.82, 2.24) is 24.8 Å². The number of aromatic hydroxyl groups is 1. The number of hydrogen-bond acceptors (Lipinski definition) is 12. The van der Waals surface area contributed by atoms with Crippen molar-refractivity contribution in [3.8, 4) is 53.4 Å². The number of methoxy groups -OCH3 is 1. The highest BCUT2D eigenvalue weighted by atomic mass is 19.1. The van der Waals surface area contributed by atoms with Gasteiger partial charge < -0.3 is 34.4 Å². The molecule has 4 heterocycles. The normalized spacial score (nSPS) is 20.4. The van der Waals surface area contributed by atoms with Gasteiger partial charge in [0.05, 0.1) is 37.8 Å². The average molecular weight is 837 g/mol. The van der Waals surface area contributed by atoms with Crippen LogP contribution in [0.2, 0.25) is 0 Å². The van der Waals surface area contributed by atoms with Crippen molar-refractivity contribution >= 4 is 39.9 Å². The van der Waals surface area contributed by atoms with Crippen molar-refractivity contribution in [2.24, 2.45) is 16.7 Å². The molecule has 2 N–H and O–H groups in total. The first kappa shape index (κ1) is 44.2. The van der Waals surface area contributed by atoms with Gasteiger partial charge in [0.2, 0.25) is 11.8 Å². The highest BCUT2D eigenvalue weighted by Gasteiger charge is 2.47. The minimum absolute atomic E-state index is 0.0319. The molecule has 320 valence electrons. The van der Waals surface area contributed by atoms with E-state index in [0.717, 1.165) is 38.9 Å². The molecule has 16 heteroatoms. The third-order valence-corrected chi connectivity index (χ3v) is 12.2. The van der Waals surface area contributed by atoms with E-state index in [9.17, 15) is 20.4 Å². The molecule has 1 aliphatic carbocycles. The number of aromatic nitrogens is 3. The second kappa shape index (κ2) is 18.1. The number of carboxylic acid groups (broad SMARTS) is 1. The summed E-state index contributed by atoms with van der Waals surface area (Å²) in [4.78, 5) is 42.8. The molecule has 3 fully saturated rings. The van der Waals surface area contributed by atoms with Gasteiger partial charge in [-0.25, -0.2) is 13.8 Å². The molecule has 7 rings (SSSR count). The van der Waals surface area contributed by atoms with Crippen LogP contribution in [0.4, 0.5) is 14.6 Å². The Bertz CT molecular complexity index is 2450. The molecule has 1 saturated carbocycles. The average Bonchev–Trinajstić information content (AvgIpc) is 3.90. The van der Waals surface area contributed by atoms with Crippen LogP contribution in [0.5, 0.6) is 17.6 Å². The van der Waals surface area contributed by atoms with Crippen molar-refractivity contribution in [2.45, 2.75) is 78.3 Å². The van der Waals surface area contributed by atoms with Gasteiger partial charge in [-0.05, 0) is 75.1 Å². The van der Waals surface area contributed by atoms with Gasteiger partial charge in [-0.3, -0.25) is 9.59 Å². The third kappa shape index (κ3) is 8.66. The Morgan fingerprint density at radius 3 is 2.34 bits per heavy atom. The first-order chi connectivity index (χ1) is 29.2. The fraction of sp³-hybridized carbons (Fsp3) is 0.489. The van der Waals surface area contributed by atoms with Crippen LogP contribution in [-0.4, -0.2) is 106 Å². The lowest BCUT2D eigenvalue weighted by atomic mass is 9.85. The van der Waals surface area contributed by atoms with E-state index in [4.69, 9.17) is 30.8 Å². The number of phenolic OH excluding ortho intramolecular Hbond substituents is 1. The van der Waals surface area contributed by atoms with Crippen LogP contribution in [0, 0.1) is 63.4 Å². The Hall–Kier alpha value is -6.31. The summed E-state index contributed by atoms with van der Waals surface area (Å²) in [6.45, 7) is 11.2. The summed E-state index contributed by atoms with van der Waals surface area (Å²) in [6.07, 6.45) is 9.66. The number of hydrogen-bond donors (Lipinski definition) is 2. The lowest BCUT2D eigenvalue weighted by Crippen LogP contribution is -2.63. The number of phenols is 1. The Balaban J connectivity index is 0.00000201. The number of piperazine rings is 1. The van der Waals surface area contributed by atoms with Crippen LogP contribution in [0.1, 0.15) is 71.8 Å². The van der Waals surface area contributed by atoms with Gasteiger partial charge in [0, 0.05) is 54.6 Å². The van der Waals surface area contributed by atoms with Crippen LogP contribution in [0.25, 0.3) is 32.9 Å². The van der Waals surface area contributed by atoms with Crippen molar-refractivity contribution in [2.75, 3.05) is 51.3 Å². The topological polar surface area (TPSA) is 189 Å². The molecule has 2 aromatic carbocycles. The lowest BCUT2D eigenvalue weighted by molar-refractivity contribution is -0.144. The summed E-state index contributed by atoms with van der Waals surface area (Å²) in [5.41, 5.74) is -2.12. The zero-order valence-electron chi connectivity index (χ0n) is 35.0. The van der Waals surface area contributed by atoms with E-state index in [1.54, 1.807) is 4.90 Å². The summed E-state index contributed by atoms with van der Waals surface area (Å²) in [7, 11) is 1.39. The number of likely N-dealkylation sites (tertiary alicyclic amines) is 1. The molecule has 61 heavy (non-hydrogen) atoms. The summed E-state index contributed by atoms with van der Waals surface area (Å²) < 4.78 is 44.9. The third-order valence-electron chi connectivity index (χ3n) is 12.2.